The fourth-order valence-corrected chi connectivity index (χ4v) is 3.91. The van der Waals surface area contributed by atoms with Crippen molar-refractivity contribution in [3.05, 3.63) is 24.3 Å². The number of nitrogens with zero attached hydrogens (tertiary/aromatic N) is 3. The van der Waals surface area contributed by atoms with Crippen LogP contribution in [0.15, 0.2) is 33.9 Å². The summed E-state index contributed by atoms with van der Waals surface area (Å²) in [5.74, 6) is 0.608. The molecule has 2 atom stereocenters. The Hall–Kier alpha value is -2.16. The monoisotopic (exact) mass is 397 g/mol. The van der Waals surface area contributed by atoms with Gasteiger partial charge in [-0.25, -0.2) is 0 Å². The number of benzene rings is 1. The lowest BCUT2D eigenvalue weighted by molar-refractivity contribution is -0.134. The third-order valence-corrected chi connectivity index (χ3v) is 5.34. The Balaban J connectivity index is 1.58. The third-order valence-electron chi connectivity index (χ3n) is 4.53. The normalized spacial score (nSPS) is 20.1. The number of aromatic nitrogens is 2. The Morgan fingerprint density at radius 3 is 2.56 bits per heavy atom. The Bertz CT molecular complexity index is 759. The minimum Gasteiger partial charge on any atom is -0.435 e. The fraction of sp³-hybridized carbons (Fsp3) is 0.500. The molecule has 2 heterocycles. The lowest BCUT2D eigenvalue weighted by Gasteiger charge is -2.39. The number of hydrogen-bond acceptors (Lipinski definition) is 6. The number of halogens is 2. The van der Waals surface area contributed by atoms with E-state index in [1.54, 1.807) is 12.1 Å². The molecule has 0 aliphatic carbocycles. The van der Waals surface area contributed by atoms with Gasteiger partial charge in [0.25, 0.3) is 5.22 Å². The summed E-state index contributed by atoms with van der Waals surface area (Å²) in [4.78, 5) is 14.5. The average molecular weight is 397 g/mol. The molecule has 1 aromatic heterocycles. The molecular formula is C18H21F2N3O3S. The molecule has 0 bridgehead atoms. The number of amides is 1. The molecule has 0 saturated carbocycles. The van der Waals surface area contributed by atoms with Crippen LogP contribution in [-0.4, -0.2) is 45.5 Å². The van der Waals surface area contributed by atoms with Crippen molar-refractivity contribution in [2.75, 3.05) is 5.75 Å². The molecule has 1 aliphatic rings. The zero-order chi connectivity index (χ0) is 19.4. The minimum atomic E-state index is -2.87. The SMILES string of the molecule is CC1CCCC(C)N1C(=O)CSc1nnc(-c2ccc(OC(F)F)cc2)o1. The largest absolute Gasteiger partial charge is 0.435 e. The van der Waals surface area contributed by atoms with E-state index in [1.165, 1.54) is 23.9 Å². The van der Waals surface area contributed by atoms with Gasteiger partial charge in [-0.1, -0.05) is 11.8 Å². The molecule has 9 heteroatoms. The molecule has 6 nitrogen and oxygen atoms in total. The van der Waals surface area contributed by atoms with Crippen molar-refractivity contribution < 1.29 is 22.7 Å². The molecule has 2 aromatic rings. The number of piperidine rings is 1. The molecule has 1 amide bonds. The summed E-state index contributed by atoms with van der Waals surface area (Å²) in [6.45, 7) is 1.28. The first-order chi connectivity index (χ1) is 12.9. The second kappa shape index (κ2) is 8.69. The van der Waals surface area contributed by atoms with Crippen LogP contribution in [0.25, 0.3) is 11.5 Å². The first-order valence-electron chi connectivity index (χ1n) is 8.76. The van der Waals surface area contributed by atoms with Gasteiger partial charge in [-0.2, -0.15) is 8.78 Å². The predicted molar refractivity (Wildman–Crippen MR) is 96.7 cm³/mol. The molecule has 27 heavy (non-hydrogen) atoms. The maximum atomic E-state index is 12.5. The van der Waals surface area contributed by atoms with Crippen molar-refractivity contribution in [2.45, 2.75) is 57.0 Å². The van der Waals surface area contributed by atoms with Gasteiger partial charge in [-0.15, -0.1) is 10.2 Å². The summed E-state index contributed by atoms with van der Waals surface area (Å²) < 4.78 is 34.2. The average Bonchev–Trinajstić information content (AvgIpc) is 3.09. The summed E-state index contributed by atoms with van der Waals surface area (Å²) in [7, 11) is 0. The van der Waals surface area contributed by atoms with Gasteiger partial charge >= 0.3 is 6.61 Å². The number of alkyl halides is 2. The summed E-state index contributed by atoms with van der Waals surface area (Å²) in [6.07, 6.45) is 3.20. The molecule has 3 rings (SSSR count). The second-order valence-electron chi connectivity index (χ2n) is 6.49. The summed E-state index contributed by atoms with van der Waals surface area (Å²) in [5, 5.41) is 8.18. The van der Waals surface area contributed by atoms with Crippen LogP contribution in [0.4, 0.5) is 8.78 Å². The van der Waals surface area contributed by atoms with Crippen LogP contribution >= 0.6 is 11.8 Å². The molecule has 1 aliphatic heterocycles. The van der Waals surface area contributed by atoms with E-state index in [-0.39, 0.29) is 35.4 Å². The van der Waals surface area contributed by atoms with Gasteiger partial charge < -0.3 is 14.1 Å². The van der Waals surface area contributed by atoms with Crippen LogP contribution < -0.4 is 4.74 Å². The van der Waals surface area contributed by atoms with Crippen LogP contribution in [0.1, 0.15) is 33.1 Å². The van der Waals surface area contributed by atoms with Gasteiger partial charge in [0.15, 0.2) is 0 Å². The fourth-order valence-electron chi connectivity index (χ4n) is 3.27. The summed E-state index contributed by atoms with van der Waals surface area (Å²) in [6, 6.07) is 6.41. The first-order valence-corrected chi connectivity index (χ1v) is 9.75. The van der Waals surface area contributed by atoms with Crippen LogP contribution in [0, 0.1) is 0 Å². The lowest BCUT2D eigenvalue weighted by Crippen LogP contribution is -2.48. The first kappa shape index (κ1) is 19.6. The van der Waals surface area contributed by atoms with Gasteiger partial charge in [0.05, 0.1) is 5.75 Å². The van der Waals surface area contributed by atoms with E-state index in [0.29, 0.717) is 10.8 Å². The Morgan fingerprint density at radius 1 is 1.26 bits per heavy atom. The van der Waals surface area contributed by atoms with Crippen molar-refractivity contribution in [3.63, 3.8) is 0 Å². The number of carbonyl (C=O) groups is 1. The van der Waals surface area contributed by atoms with Gasteiger partial charge in [0.1, 0.15) is 5.75 Å². The van der Waals surface area contributed by atoms with Gasteiger partial charge in [0, 0.05) is 17.6 Å². The maximum Gasteiger partial charge on any atom is 0.387 e. The Labute approximate surface area is 160 Å². The number of rotatable bonds is 6. The third kappa shape index (κ3) is 4.97. The number of likely N-dealkylation sites (tertiary alicyclic amines) is 1. The zero-order valence-corrected chi connectivity index (χ0v) is 15.9. The molecule has 0 radical (unpaired) electrons. The van der Waals surface area contributed by atoms with Crippen LogP contribution in [0.3, 0.4) is 0 Å². The van der Waals surface area contributed by atoms with Gasteiger partial charge in [-0.3, -0.25) is 4.79 Å². The van der Waals surface area contributed by atoms with Crippen molar-refractivity contribution in [3.8, 4) is 17.2 Å². The molecule has 0 spiro atoms. The molecule has 1 aromatic carbocycles. The van der Waals surface area contributed by atoms with Gasteiger partial charge in [0.2, 0.25) is 11.8 Å². The highest BCUT2D eigenvalue weighted by Crippen LogP contribution is 2.27. The molecule has 0 N–H and O–H groups in total. The van der Waals surface area contributed by atoms with E-state index >= 15 is 0 Å². The molecule has 1 saturated heterocycles. The van der Waals surface area contributed by atoms with Crippen LogP contribution in [0.2, 0.25) is 0 Å². The van der Waals surface area contributed by atoms with Crippen LogP contribution in [-0.2, 0) is 4.79 Å². The Morgan fingerprint density at radius 2 is 1.93 bits per heavy atom. The maximum absolute atomic E-state index is 12.5. The summed E-state index contributed by atoms with van der Waals surface area (Å²) in [5.41, 5.74) is 0.584. The topological polar surface area (TPSA) is 68.5 Å². The van der Waals surface area contributed by atoms with Crippen molar-refractivity contribution >= 4 is 17.7 Å². The standard InChI is InChI=1S/C18H21F2N3O3S/c1-11-4-3-5-12(2)23(11)15(24)10-27-18-22-21-16(26-18)13-6-8-14(9-7-13)25-17(19)20/h6-9,11-12,17H,3-5,10H2,1-2H3. The lowest BCUT2D eigenvalue weighted by atomic mass is 9.98. The van der Waals surface area contributed by atoms with Crippen molar-refractivity contribution in [2.24, 2.45) is 0 Å². The number of hydrogen-bond donors (Lipinski definition) is 0. The van der Waals surface area contributed by atoms with E-state index in [1.807, 2.05) is 4.90 Å². The highest BCUT2D eigenvalue weighted by atomic mass is 32.2. The summed E-state index contributed by atoms with van der Waals surface area (Å²) >= 11 is 1.20. The highest BCUT2D eigenvalue weighted by molar-refractivity contribution is 7.99. The van der Waals surface area contributed by atoms with Crippen LogP contribution in [0.5, 0.6) is 5.75 Å². The molecule has 2 unspecified atom stereocenters. The zero-order valence-electron chi connectivity index (χ0n) is 15.1. The minimum absolute atomic E-state index is 0.0539. The number of thioether (sulfide) groups is 1. The molecule has 1 fully saturated rings. The van der Waals surface area contributed by atoms with E-state index in [4.69, 9.17) is 4.42 Å². The van der Waals surface area contributed by atoms with E-state index < -0.39 is 6.61 Å². The second-order valence-corrected chi connectivity index (χ2v) is 7.42. The number of carbonyl (C=O) groups excluding carboxylic acids is 1. The predicted octanol–water partition coefficient (Wildman–Crippen LogP) is 4.22. The van der Waals surface area contributed by atoms with Crippen molar-refractivity contribution in [1.82, 2.24) is 15.1 Å². The van der Waals surface area contributed by atoms with Crippen molar-refractivity contribution in [1.29, 1.82) is 0 Å². The molecule has 146 valence electrons. The molecular weight excluding hydrogens is 376 g/mol. The smallest absolute Gasteiger partial charge is 0.387 e. The Kier molecular flexibility index (Phi) is 6.30. The highest BCUT2D eigenvalue weighted by Gasteiger charge is 2.29. The van der Waals surface area contributed by atoms with E-state index in [0.717, 1.165) is 19.3 Å². The van der Waals surface area contributed by atoms with E-state index in [9.17, 15) is 13.6 Å². The van der Waals surface area contributed by atoms with E-state index in [2.05, 4.69) is 28.8 Å². The van der Waals surface area contributed by atoms with Gasteiger partial charge in [-0.05, 0) is 57.4 Å². The number of ether oxygens (including phenoxy) is 1. The quantitative estimate of drug-likeness (QED) is 0.680.